The summed E-state index contributed by atoms with van der Waals surface area (Å²) in [4.78, 5) is 2.15. The molecule has 1 aliphatic rings. The highest BCUT2D eigenvalue weighted by molar-refractivity contribution is 5.39. The summed E-state index contributed by atoms with van der Waals surface area (Å²) < 4.78 is 23.8. The Morgan fingerprint density at radius 3 is 2.84 bits per heavy atom. The molecule has 1 saturated heterocycles. The van der Waals surface area contributed by atoms with E-state index in [1.54, 1.807) is 6.07 Å². The lowest BCUT2D eigenvalue weighted by Crippen LogP contribution is -2.38. The van der Waals surface area contributed by atoms with Gasteiger partial charge in [-0.05, 0) is 18.2 Å². The van der Waals surface area contributed by atoms with E-state index in [1.807, 2.05) is 0 Å². The molecule has 0 saturated carbocycles. The summed E-state index contributed by atoms with van der Waals surface area (Å²) in [7, 11) is 1.53. The summed E-state index contributed by atoms with van der Waals surface area (Å²) in [5.41, 5.74) is 0.608. The van der Waals surface area contributed by atoms with Crippen molar-refractivity contribution in [3.05, 3.63) is 29.6 Å². The fraction of sp³-hybridized carbons (Fsp3) is 0.500. The van der Waals surface area contributed by atoms with Gasteiger partial charge in [-0.2, -0.15) is 5.26 Å². The SMILES string of the molecule is COc1ccc(F)cc1C(C#N)CN1CCOCC1. The summed E-state index contributed by atoms with van der Waals surface area (Å²) in [5, 5.41) is 9.34. The van der Waals surface area contributed by atoms with Gasteiger partial charge in [0.2, 0.25) is 0 Å². The van der Waals surface area contributed by atoms with Crippen molar-refractivity contribution in [3.63, 3.8) is 0 Å². The highest BCUT2D eigenvalue weighted by Crippen LogP contribution is 2.28. The normalized spacial score (nSPS) is 17.7. The van der Waals surface area contributed by atoms with E-state index < -0.39 is 5.92 Å². The summed E-state index contributed by atoms with van der Waals surface area (Å²) in [6.07, 6.45) is 0. The Morgan fingerprint density at radius 2 is 2.21 bits per heavy atom. The number of ether oxygens (including phenoxy) is 2. The predicted molar refractivity (Wildman–Crippen MR) is 68.6 cm³/mol. The maximum atomic E-state index is 13.4. The molecule has 0 spiro atoms. The van der Waals surface area contributed by atoms with Crippen molar-refractivity contribution < 1.29 is 13.9 Å². The molecule has 5 heteroatoms. The summed E-state index contributed by atoms with van der Waals surface area (Å²) >= 11 is 0. The van der Waals surface area contributed by atoms with Crippen LogP contribution in [0.15, 0.2) is 18.2 Å². The fourth-order valence-corrected chi connectivity index (χ4v) is 2.23. The van der Waals surface area contributed by atoms with Crippen LogP contribution in [0.25, 0.3) is 0 Å². The minimum Gasteiger partial charge on any atom is -0.496 e. The predicted octanol–water partition coefficient (Wildman–Crippen LogP) is 1.77. The van der Waals surface area contributed by atoms with Crippen LogP contribution in [0, 0.1) is 17.1 Å². The molecule has 1 aliphatic heterocycles. The number of halogens is 1. The Balaban J connectivity index is 2.16. The van der Waals surface area contributed by atoms with Gasteiger partial charge < -0.3 is 9.47 Å². The van der Waals surface area contributed by atoms with Crippen molar-refractivity contribution >= 4 is 0 Å². The maximum absolute atomic E-state index is 13.4. The number of morpholine rings is 1. The molecule has 1 fully saturated rings. The van der Waals surface area contributed by atoms with Gasteiger partial charge in [0.05, 0.1) is 32.3 Å². The number of nitriles is 1. The Morgan fingerprint density at radius 1 is 1.47 bits per heavy atom. The van der Waals surface area contributed by atoms with Crippen LogP contribution < -0.4 is 4.74 Å². The smallest absolute Gasteiger partial charge is 0.123 e. The highest BCUT2D eigenvalue weighted by Gasteiger charge is 2.21. The zero-order valence-corrected chi connectivity index (χ0v) is 10.9. The third-order valence-corrected chi connectivity index (χ3v) is 3.27. The van der Waals surface area contributed by atoms with Crippen molar-refractivity contribution in [2.24, 2.45) is 0 Å². The lowest BCUT2D eigenvalue weighted by Gasteiger charge is -2.28. The standard InChI is InChI=1S/C14H17FN2O2/c1-18-14-3-2-12(15)8-13(14)11(9-16)10-17-4-6-19-7-5-17/h2-3,8,11H,4-7,10H2,1H3. The van der Waals surface area contributed by atoms with Gasteiger partial charge in [-0.3, -0.25) is 4.90 Å². The van der Waals surface area contributed by atoms with E-state index in [9.17, 15) is 9.65 Å². The molecule has 0 N–H and O–H groups in total. The van der Waals surface area contributed by atoms with E-state index in [-0.39, 0.29) is 5.82 Å². The van der Waals surface area contributed by atoms with Crippen molar-refractivity contribution in [2.75, 3.05) is 40.0 Å². The molecule has 1 aromatic rings. The lowest BCUT2D eigenvalue weighted by molar-refractivity contribution is 0.0369. The van der Waals surface area contributed by atoms with E-state index >= 15 is 0 Å². The first kappa shape index (κ1) is 13.8. The Labute approximate surface area is 112 Å². The van der Waals surface area contributed by atoms with Gasteiger partial charge in [0, 0.05) is 25.2 Å². The van der Waals surface area contributed by atoms with E-state index in [1.165, 1.54) is 19.2 Å². The fourth-order valence-electron chi connectivity index (χ4n) is 2.23. The largest absolute Gasteiger partial charge is 0.496 e. The van der Waals surface area contributed by atoms with Gasteiger partial charge in [-0.15, -0.1) is 0 Å². The topological polar surface area (TPSA) is 45.5 Å². The van der Waals surface area contributed by atoms with Gasteiger partial charge in [-0.25, -0.2) is 4.39 Å². The highest BCUT2D eigenvalue weighted by atomic mass is 19.1. The molecular weight excluding hydrogens is 247 g/mol. The molecule has 4 nitrogen and oxygen atoms in total. The van der Waals surface area contributed by atoms with Gasteiger partial charge in [0.15, 0.2) is 0 Å². The average molecular weight is 264 g/mol. The molecule has 1 aromatic carbocycles. The molecule has 102 valence electrons. The molecule has 0 radical (unpaired) electrons. The van der Waals surface area contributed by atoms with Crippen LogP contribution in [0.5, 0.6) is 5.75 Å². The van der Waals surface area contributed by atoms with E-state index in [0.717, 1.165) is 13.1 Å². The van der Waals surface area contributed by atoms with Gasteiger partial charge in [0.1, 0.15) is 11.6 Å². The number of nitrogens with zero attached hydrogens (tertiary/aromatic N) is 2. The third-order valence-electron chi connectivity index (χ3n) is 3.27. The number of hydrogen-bond donors (Lipinski definition) is 0. The van der Waals surface area contributed by atoms with Crippen LogP contribution >= 0.6 is 0 Å². The second-order valence-corrected chi connectivity index (χ2v) is 4.48. The summed E-state index contributed by atoms with van der Waals surface area (Å²) in [6, 6.07) is 6.52. The third kappa shape index (κ3) is 3.43. The molecule has 0 aliphatic carbocycles. The zero-order valence-electron chi connectivity index (χ0n) is 10.9. The van der Waals surface area contributed by atoms with Crippen molar-refractivity contribution in [2.45, 2.75) is 5.92 Å². The number of hydrogen-bond acceptors (Lipinski definition) is 4. The van der Waals surface area contributed by atoms with E-state index in [0.29, 0.717) is 31.1 Å². The van der Waals surface area contributed by atoms with E-state index in [4.69, 9.17) is 9.47 Å². The molecule has 2 rings (SSSR count). The maximum Gasteiger partial charge on any atom is 0.123 e. The van der Waals surface area contributed by atoms with Crippen LogP contribution in [0.3, 0.4) is 0 Å². The molecule has 0 bridgehead atoms. The van der Waals surface area contributed by atoms with Gasteiger partial charge in [0.25, 0.3) is 0 Å². The number of rotatable bonds is 4. The summed E-state index contributed by atoms with van der Waals surface area (Å²) in [5.74, 6) is -0.192. The monoisotopic (exact) mass is 264 g/mol. The van der Waals surface area contributed by atoms with Crippen molar-refractivity contribution in [1.29, 1.82) is 5.26 Å². The Kier molecular flexibility index (Phi) is 4.72. The first-order chi connectivity index (χ1) is 9.24. The second-order valence-electron chi connectivity index (χ2n) is 4.48. The van der Waals surface area contributed by atoms with Crippen LogP contribution in [-0.2, 0) is 4.74 Å². The molecule has 1 unspecified atom stereocenters. The Hall–Kier alpha value is -1.64. The first-order valence-corrected chi connectivity index (χ1v) is 6.27. The Bertz CT molecular complexity index is 467. The van der Waals surface area contributed by atoms with Crippen molar-refractivity contribution in [3.8, 4) is 11.8 Å². The molecule has 0 amide bonds. The van der Waals surface area contributed by atoms with Gasteiger partial charge in [-0.1, -0.05) is 0 Å². The minimum atomic E-state index is -0.399. The van der Waals surface area contributed by atoms with Crippen LogP contribution in [0.2, 0.25) is 0 Å². The molecule has 1 heterocycles. The summed E-state index contributed by atoms with van der Waals surface area (Å²) in [6.45, 7) is 3.53. The number of methoxy groups -OCH3 is 1. The molecule has 0 aromatic heterocycles. The van der Waals surface area contributed by atoms with Crippen LogP contribution in [-0.4, -0.2) is 44.9 Å². The average Bonchev–Trinajstić information content (AvgIpc) is 2.46. The zero-order chi connectivity index (χ0) is 13.7. The lowest BCUT2D eigenvalue weighted by atomic mass is 9.98. The molecule has 1 atom stereocenters. The second kappa shape index (κ2) is 6.50. The van der Waals surface area contributed by atoms with Crippen molar-refractivity contribution in [1.82, 2.24) is 4.90 Å². The minimum absolute atomic E-state index is 0.349. The van der Waals surface area contributed by atoms with Gasteiger partial charge >= 0.3 is 0 Å². The molecular formula is C14H17FN2O2. The van der Waals surface area contributed by atoms with Crippen LogP contribution in [0.4, 0.5) is 4.39 Å². The number of benzene rings is 1. The quantitative estimate of drug-likeness (QED) is 0.831. The van der Waals surface area contributed by atoms with Crippen LogP contribution in [0.1, 0.15) is 11.5 Å². The molecule has 19 heavy (non-hydrogen) atoms. The van der Waals surface area contributed by atoms with E-state index in [2.05, 4.69) is 11.0 Å². The first-order valence-electron chi connectivity index (χ1n) is 6.27.